The fourth-order valence-corrected chi connectivity index (χ4v) is 2.92. The topological polar surface area (TPSA) is 30.2 Å². The van der Waals surface area contributed by atoms with Gasteiger partial charge in [0.2, 0.25) is 5.69 Å². The first-order valence-corrected chi connectivity index (χ1v) is 8.33. The van der Waals surface area contributed by atoms with Gasteiger partial charge in [-0.3, -0.25) is 0 Å². The van der Waals surface area contributed by atoms with Gasteiger partial charge in [-0.25, -0.2) is 9.36 Å². The summed E-state index contributed by atoms with van der Waals surface area (Å²) in [4.78, 5) is 12.3. The number of hydrogen-bond donors (Lipinski definition) is 0. The van der Waals surface area contributed by atoms with Crippen LogP contribution in [0.25, 0.3) is 11.3 Å². The molecule has 0 saturated carbocycles. The number of carbonyl (C=O) groups is 1. The third-order valence-electron chi connectivity index (χ3n) is 4.24. The van der Waals surface area contributed by atoms with Crippen molar-refractivity contribution in [2.75, 3.05) is 0 Å². The molecule has 0 atom stereocenters. The first-order chi connectivity index (χ1) is 12.0. The van der Waals surface area contributed by atoms with Crippen molar-refractivity contribution in [3.63, 3.8) is 0 Å². The zero-order valence-electron chi connectivity index (χ0n) is 14.8. The molecule has 3 heteroatoms. The molecule has 0 radical (unpaired) electrons. The maximum absolute atomic E-state index is 12.3. The van der Waals surface area contributed by atoms with Gasteiger partial charge in [0, 0.05) is 11.6 Å². The quantitative estimate of drug-likeness (QED) is 0.531. The number of esters is 1. The summed E-state index contributed by atoms with van der Waals surface area (Å²) < 4.78 is 7.37. The number of ether oxygens (including phenoxy) is 1. The van der Waals surface area contributed by atoms with Crippen LogP contribution in [0.5, 0.6) is 0 Å². The highest BCUT2D eigenvalue weighted by Gasteiger charge is 2.17. The number of rotatable bonds is 4. The molecule has 0 aliphatic rings. The molecule has 0 fully saturated rings. The number of aromatic nitrogens is 1. The van der Waals surface area contributed by atoms with Crippen molar-refractivity contribution in [1.82, 2.24) is 0 Å². The van der Waals surface area contributed by atoms with Crippen molar-refractivity contribution in [2.45, 2.75) is 20.5 Å². The van der Waals surface area contributed by atoms with Gasteiger partial charge < -0.3 is 4.74 Å². The molecule has 1 heterocycles. The Morgan fingerprint density at radius 2 is 1.76 bits per heavy atom. The number of aryl methyl sites for hydroxylation is 3. The van der Waals surface area contributed by atoms with Crippen molar-refractivity contribution in [2.24, 2.45) is 7.05 Å². The number of nitrogens with zero attached hydrogens (tertiary/aromatic N) is 1. The Balaban J connectivity index is 1.78. The first-order valence-electron chi connectivity index (χ1n) is 8.33. The van der Waals surface area contributed by atoms with E-state index in [9.17, 15) is 4.79 Å². The molecule has 3 rings (SSSR count). The average Bonchev–Trinajstić information content (AvgIpc) is 2.61. The molecule has 25 heavy (non-hydrogen) atoms. The predicted molar refractivity (Wildman–Crippen MR) is 98.1 cm³/mol. The Bertz CT molecular complexity index is 901. The van der Waals surface area contributed by atoms with Gasteiger partial charge in [0.1, 0.15) is 19.2 Å². The largest absolute Gasteiger partial charge is 0.457 e. The zero-order valence-corrected chi connectivity index (χ0v) is 14.8. The molecular weight excluding hydrogens is 310 g/mol. The minimum absolute atomic E-state index is 0.280. The van der Waals surface area contributed by atoms with Crippen LogP contribution in [0, 0.1) is 13.8 Å². The Kier molecular flexibility index (Phi) is 4.94. The molecule has 0 amide bonds. The molecule has 0 N–H and O–H groups in total. The third kappa shape index (κ3) is 3.94. The summed E-state index contributed by atoms with van der Waals surface area (Å²) in [6.45, 7) is 4.47. The monoisotopic (exact) mass is 332 g/mol. The SMILES string of the molecule is Cc1ccc(-c2ccc(C(=O)OCc3ccccc3)c[n+]2C)c(C)c1. The van der Waals surface area contributed by atoms with Gasteiger partial charge in [-0.05, 0) is 37.1 Å². The van der Waals surface area contributed by atoms with Gasteiger partial charge >= 0.3 is 5.97 Å². The Labute approximate surface area is 148 Å². The van der Waals surface area contributed by atoms with Crippen LogP contribution >= 0.6 is 0 Å². The van der Waals surface area contributed by atoms with Gasteiger partial charge in [-0.2, -0.15) is 0 Å². The molecule has 0 unspecified atom stereocenters. The predicted octanol–water partition coefficient (Wildman–Crippen LogP) is 4.15. The van der Waals surface area contributed by atoms with Crippen LogP contribution in [0.1, 0.15) is 27.0 Å². The summed E-state index contributed by atoms with van der Waals surface area (Å²) in [6.07, 6.45) is 1.82. The van der Waals surface area contributed by atoms with E-state index < -0.39 is 0 Å². The molecule has 0 bridgehead atoms. The van der Waals surface area contributed by atoms with E-state index in [1.165, 1.54) is 11.1 Å². The summed E-state index contributed by atoms with van der Waals surface area (Å²) in [5.74, 6) is -0.313. The highest BCUT2D eigenvalue weighted by molar-refractivity contribution is 5.89. The number of hydrogen-bond acceptors (Lipinski definition) is 2. The average molecular weight is 332 g/mol. The van der Waals surface area contributed by atoms with E-state index >= 15 is 0 Å². The summed E-state index contributed by atoms with van der Waals surface area (Å²) >= 11 is 0. The summed E-state index contributed by atoms with van der Waals surface area (Å²) in [7, 11) is 1.95. The Morgan fingerprint density at radius 3 is 2.44 bits per heavy atom. The molecule has 0 aliphatic carbocycles. The molecular formula is C22H22NO2+. The molecule has 0 saturated heterocycles. The summed E-state index contributed by atoms with van der Waals surface area (Å²) in [5, 5.41) is 0. The van der Waals surface area contributed by atoms with Gasteiger partial charge in [-0.1, -0.05) is 48.0 Å². The Hall–Kier alpha value is -2.94. The van der Waals surface area contributed by atoms with Crippen LogP contribution in [-0.2, 0) is 18.4 Å². The second-order valence-electron chi connectivity index (χ2n) is 6.29. The second-order valence-corrected chi connectivity index (χ2v) is 6.29. The fourth-order valence-electron chi connectivity index (χ4n) is 2.92. The van der Waals surface area contributed by atoms with Crippen molar-refractivity contribution >= 4 is 5.97 Å². The van der Waals surface area contributed by atoms with Crippen molar-refractivity contribution < 1.29 is 14.1 Å². The van der Waals surface area contributed by atoms with E-state index in [-0.39, 0.29) is 12.6 Å². The lowest BCUT2D eigenvalue weighted by Gasteiger charge is -2.07. The van der Waals surface area contributed by atoms with E-state index in [1.807, 2.05) is 60.3 Å². The van der Waals surface area contributed by atoms with Gasteiger partial charge in [0.15, 0.2) is 6.20 Å². The Morgan fingerprint density at radius 1 is 1.00 bits per heavy atom. The van der Waals surface area contributed by atoms with Gasteiger partial charge in [0.25, 0.3) is 0 Å². The van der Waals surface area contributed by atoms with Gasteiger partial charge in [0.05, 0.1) is 0 Å². The lowest BCUT2D eigenvalue weighted by molar-refractivity contribution is -0.660. The van der Waals surface area contributed by atoms with E-state index in [4.69, 9.17) is 4.74 Å². The highest BCUT2D eigenvalue weighted by Crippen LogP contribution is 2.21. The van der Waals surface area contributed by atoms with Crippen molar-refractivity contribution in [1.29, 1.82) is 0 Å². The van der Waals surface area contributed by atoms with Crippen LogP contribution in [0.2, 0.25) is 0 Å². The molecule has 3 aromatic rings. The van der Waals surface area contributed by atoms with Crippen LogP contribution in [-0.4, -0.2) is 5.97 Å². The van der Waals surface area contributed by atoms with E-state index in [0.29, 0.717) is 5.56 Å². The molecule has 126 valence electrons. The highest BCUT2D eigenvalue weighted by atomic mass is 16.5. The lowest BCUT2D eigenvalue weighted by Crippen LogP contribution is -2.32. The normalized spacial score (nSPS) is 10.5. The summed E-state index contributed by atoms with van der Waals surface area (Å²) in [5.41, 5.74) is 6.22. The molecule has 1 aromatic heterocycles. The van der Waals surface area contributed by atoms with E-state index in [1.54, 1.807) is 0 Å². The molecule has 0 aliphatic heterocycles. The van der Waals surface area contributed by atoms with Crippen molar-refractivity contribution in [3.05, 3.63) is 89.1 Å². The van der Waals surface area contributed by atoms with Crippen LogP contribution in [0.3, 0.4) is 0 Å². The number of benzene rings is 2. The standard InChI is InChI=1S/C22H22NO2/c1-16-9-11-20(17(2)13-16)21-12-10-19(14-23(21)3)22(24)25-15-18-7-5-4-6-8-18/h4-14H,15H2,1-3H3/q+1. The minimum atomic E-state index is -0.313. The van der Waals surface area contributed by atoms with E-state index in [0.717, 1.165) is 16.8 Å². The maximum Gasteiger partial charge on any atom is 0.344 e. The van der Waals surface area contributed by atoms with Crippen molar-refractivity contribution in [3.8, 4) is 11.3 Å². The van der Waals surface area contributed by atoms with Crippen LogP contribution in [0.15, 0.2) is 66.9 Å². The lowest BCUT2D eigenvalue weighted by atomic mass is 10.0. The second kappa shape index (κ2) is 7.31. The van der Waals surface area contributed by atoms with E-state index in [2.05, 4.69) is 32.0 Å². The minimum Gasteiger partial charge on any atom is -0.457 e. The maximum atomic E-state index is 12.3. The van der Waals surface area contributed by atoms with Gasteiger partial charge in [-0.15, -0.1) is 0 Å². The zero-order chi connectivity index (χ0) is 17.8. The molecule has 3 nitrogen and oxygen atoms in total. The number of pyridine rings is 1. The third-order valence-corrected chi connectivity index (χ3v) is 4.24. The van der Waals surface area contributed by atoms with Crippen LogP contribution in [0.4, 0.5) is 0 Å². The summed E-state index contributed by atoms with van der Waals surface area (Å²) in [6, 6.07) is 19.9. The van der Waals surface area contributed by atoms with Crippen LogP contribution < -0.4 is 4.57 Å². The molecule has 0 spiro atoms. The molecule has 2 aromatic carbocycles. The smallest absolute Gasteiger partial charge is 0.344 e. The first kappa shape index (κ1) is 16.9. The fraction of sp³-hybridized carbons (Fsp3) is 0.182. The number of carbonyl (C=O) groups excluding carboxylic acids is 1.